The highest BCUT2D eigenvalue weighted by Crippen LogP contribution is 2.35. The summed E-state index contributed by atoms with van der Waals surface area (Å²) >= 11 is 0. The fourth-order valence-corrected chi connectivity index (χ4v) is 2.68. The lowest BCUT2D eigenvalue weighted by Gasteiger charge is -2.44. The van der Waals surface area contributed by atoms with Crippen molar-refractivity contribution in [3.63, 3.8) is 0 Å². The Morgan fingerprint density at radius 1 is 1.19 bits per heavy atom. The summed E-state index contributed by atoms with van der Waals surface area (Å²) in [6, 6.07) is 0.674. The molecule has 0 aromatic heterocycles. The molecule has 1 fully saturated rings. The van der Waals surface area contributed by atoms with Gasteiger partial charge < -0.3 is 9.80 Å². The van der Waals surface area contributed by atoms with Gasteiger partial charge in [-0.15, -0.1) is 0 Å². The molecule has 0 unspecified atom stereocenters. The normalized spacial score (nSPS) is 21.9. The zero-order chi connectivity index (χ0) is 12.2. The summed E-state index contributed by atoms with van der Waals surface area (Å²) < 4.78 is 0. The molecule has 0 atom stereocenters. The summed E-state index contributed by atoms with van der Waals surface area (Å²) in [5, 5.41) is 0. The van der Waals surface area contributed by atoms with Gasteiger partial charge in [-0.1, -0.05) is 13.8 Å². The Morgan fingerprint density at radius 3 is 2.12 bits per heavy atom. The molecule has 0 aromatic carbocycles. The Kier molecular flexibility index (Phi) is 5.26. The second-order valence-electron chi connectivity index (χ2n) is 5.80. The predicted octanol–water partition coefficient (Wildman–Crippen LogP) is 2.84. The van der Waals surface area contributed by atoms with E-state index < -0.39 is 0 Å². The van der Waals surface area contributed by atoms with E-state index in [2.05, 4.69) is 44.5 Å². The second-order valence-corrected chi connectivity index (χ2v) is 5.80. The van der Waals surface area contributed by atoms with Gasteiger partial charge in [0.2, 0.25) is 0 Å². The highest BCUT2D eigenvalue weighted by Gasteiger charge is 2.33. The third kappa shape index (κ3) is 3.46. The lowest BCUT2D eigenvalue weighted by Crippen LogP contribution is -2.46. The Labute approximate surface area is 102 Å². The van der Waals surface area contributed by atoms with E-state index in [0.717, 1.165) is 0 Å². The quantitative estimate of drug-likeness (QED) is 0.711. The fourth-order valence-electron chi connectivity index (χ4n) is 2.68. The maximum absolute atomic E-state index is 2.59. The third-order valence-corrected chi connectivity index (χ3v) is 4.58. The number of rotatable bonds is 5. The molecule has 0 aliphatic carbocycles. The second kappa shape index (κ2) is 6.02. The zero-order valence-electron chi connectivity index (χ0n) is 11.9. The number of hydrogen-bond donors (Lipinski definition) is 0. The average molecular weight is 226 g/mol. The van der Waals surface area contributed by atoms with Gasteiger partial charge in [0.1, 0.15) is 0 Å². The average Bonchev–Trinajstić information content (AvgIpc) is 2.29. The molecular weight excluding hydrogens is 196 g/mol. The van der Waals surface area contributed by atoms with E-state index in [1.165, 1.54) is 45.4 Å². The minimum absolute atomic E-state index is 0.588. The molecule has 1 heterocycles. The van der Waals surface area contributed by atoms with Crippen LogP contribution in [-0.2, 0) is 0 Å². The number of hydrogen-bond acceptors (Lipinski definition) is 2. The fraction of sp³-hybridized carbons (Fsp3) is 1.00. The van der Waals surface area contributed by atoms with Crippen molar-refractivity contribution in [2.45, 2.75) is 53.0 Å². The highest BCUT2D eigenvalue weighted by atomic mass is 15.2. The van der Waals surface area contributed by atoms with Gasteiger partial charge in [-0.3, -0.25) is 0 Å². The molecule has 0 amide bonds. The van der Waals surface area contributed by atoms with Crippen molar-refractivity contribution in [2.24, 2.45) is 5.41 Å². The number of piperidine rings is 1. The third-order valence-electron chi connectivity index (χ3n) is 4.58. The van der Waals surface area contributed by atoms with Gasteiger partial charge in [0.05, 0.1) is 0 Å². The van der Waals surface area contributed by atoms with Crippen LogP contribution in [0, 0.1) is 5.41 Å². The van der Waals surface area contributed by atoms with Crippen molar-refractivity contribution in [1.82, 2.24) is 9.80 Å². The van der Waals surface area contributed by atoms with Crippen molar-refractivity contribution < 1.29 is 0 Å². The van der Waals surface area contributed by atoms with Gasteiger partial charge in [0.25, 0.3) is 0 Å². The summed E-state index contributed by atoms with van der Waals surface area (Å²) in [7, 11) is 2.27. The van der Waals surface area contributed by atoms with Crippen LogP contribution in [0.1, 0.15) is 47.0 Å². The maximum atomic E-state index is 2.59. The lowest BCUT2D eigenvalue weighted by molar-refractivity contribution is 0.0593. The van der Waals surface area contributed by atoms with Crippen LogP contribution >= 0.6 is 0 Å². The summed E-state index contributed by atoms with van der Waals surface area (Å²) in [4.78, 5) is 5.11. The summed E-state index contributed by atoms with van der Waals surface area (Å²) in [6.45, 7) is 14.3. The van der Waals surface area contributed by atoms with Crippen LogP contribution in [0.5, 0.6) is 0 Å². The number of likely N-dealkylation sites (tertiary alicyclic amines) is 1. The predicted molar refractivity (Wildman–Crippen MR) is 71.8 cm³/mol. The van der Waals surface area contributed by atoms with Crippen LogP contribution in [0.15, 0.2) is 0 Å². The van der Waals surface area contributed by atoms with Crippen molar-refractivity contribution >= 4 is 0 Å². The first-order valence-electron chi connectivity index (χ1n) is 6.95. The first-order valence-corrected chi connectivity index (χ1v) is 6.95. The largest absolute Gasteiger partial charge is 0.304 e. The monoisotopic (exact) mass is 226 g/mol. The van der Waals surface area contributed by atoms with Crippen LogP contribution in [0.4, 0.5) is 0 Å². The van der Waals surface area contributed by atoms with Crippen molar-refractivity contribution in [2.75, 3.05) is 33.2 Å². The first-order chi connectivity index (χ1) is 7.53. The molecule has 0 spiro atoms. The Balaban J connectivity index is 2.52. The lowest BCUT2D eigenvalue weighted by atomic mass is 9.75. The van der Waals surface area contributed by atoms with E-state index in [1.807, 2.05) is 0 Å². The van der Waals surface area contributed by atoms with E-state index in [9.17, 15) is 0 Å². The van der Waals surface area contributed by atoms with E-state index in [-0.39, 0.29) is 0 Å². The summed E-state index contributed by atoms with van der Waals surface area (Å²) in [6.07, 6.45) is 4.10. The molecule has 0 N–H and O–H groups in total. The minimum Gasteiger partial charge on any atom is -0.304 e. The van der Waals surface area contributed by atoms with Crippen LogP contribution in [0.2, 0.25) is 0 Å². The molecule has 1 rings (SSSR count). The molecule has 1 aliphatic rings. The van der Waals surface area contributed by atoms with Crippen LogP contribution < -0.4 is 0 Å². The smallest absolute Gasteiger partial charge is 0.00385 e. The zero-order valence-corrected chi connectivity index (χ0v) is 11.9. The van der Waals surface area contributed by atoms with Crippen molar-refractivity contribution in [3.8, 4) is 0 Å². The molecule has 2 nitrogen and oxygen atoms in total. The molecule has 16 heavy (non-hydrogen) atoms. The van der Waals surface area contributed by atoms with Gasteiger partial charge in [-0.2, -0.15) is 0 Å². The van der Waals surface area contributed by atoms with Gasteiger partial charge in [-0.25, -0.2) is 0 Å². The van der Waals surface area contributed by atoms with Crippen LogP contribution in [-0.4, -0.2) is 49.1 Å². The SMILES string of the molecule is CCN1CCC(CC)(CN(C)C(C)C)CC1. The maximum Gasteiger partial charge on any atom is 0.00385 e. The van der Waals surface area contributed by atoms with E-state index in [4.69, 9.17) is 0 Å². The molecular formula is C14H30N2. The van der Waals surface area contributed by atoms with E-state index in [1.54, 1.807) is 0 Å². The van der Waals surface area contributed by atoms with Crippen LogP contribution in [0.25, 0.3) is 0 Å². The Morgan fingerprint density at radius 2 is 1.75 bits per heavy atom. The van der Waals surface area contributed by atoms with Gasteiger partial charge in [-0.05, 0) is 65.2 Å². The first kappa shape index (κ1) is 14.0. The molecule has 0 radical (unpaired) electrons. The van der Waals surface area contributed by atoms with E-state index in [0.29, 0.717) is 11.5 Å². The van der Waals surface area contributed by atoms with Gasteiger partial charge in [0.15, 0.2) is 0 Å². The topological polar surface area (TPSA) is 6.48 Å². The summed E-state index contributed by atoms with van der Waals surface area (Å²) in [5.74, 6) is 0. The van der Waals surface area contributed by atoms with Crippen LogP contribution in [0.3, 0.4) is 0 Å². The van der Waals surface area contributed by atoms with Crippen molar-refractivity contribution in [3.05, 3.63) is 0 Å². The number of nitrogens with zero attached hydrogens (tertiary/aromatic N) is 2. The Hall–Kier alpha value is -0.0800. The summed E-state index contributed by atoms with van der Waals surface area (Å²) in [5.41, 5.74) is 0.588. The molecule has 2 heteroatoms. The molecule has 1 aliphatic heterocycles. The Bertz CT molecular complexity index is 193. The highest BCUT2D eigenvalue weighted by molar-refractivity contribution is 4.87. The van der Waals surface area contributed by atoms with Gasteiger partial charge in [0, 0.05) is 12.6 Å². The van der Waals surface area contributed by atoms with Crippen molar-refractivity contribution in [1.29, 1.82) is 0 Å². The molecule has 0 bridgehead atoms. The standard InChI is InChI=1S/C14H30N2/c1-6-14(12-15(5)13(3)4)8-10-16(7-2)11-9-14/h13H,6-12H2,1-5H3. The minimum atomic E-state index is 0.588. The van der Waals surface area contributed by atoms with Gasteiger partial charge >= 0.3 is 0 Å². The van der Waals surface area contributed by atoms with E-state index >= 15 is 0 Å². The molecule has 0 aromatic rings. The molecule has 0 saturated carbocycles. The molecule has 1 saturated heterocycles. The molecule has 96 valence electrons.